The zero-order valence-corrected chi connectivity index (χ0v) is 24.2. The summed E-state index contributed by atoms with van der Waals surface area (Å²) >= 11 is 0. The van der Waals surface area contributed by atoms with E-state index in [1.165, 1.54) is 23.9 Å². The van der Waals surface area contributed by atoms with Crippen LogP contribution < -0.4 is 10.1 Å². The molecule has 5 rings (SSSR count). The van der Waals surface area contributed by atoms with Crippen molar-refractivity contribution in [2.75, 3.05) is 45.2 Å². The minimum Gasteiger partial charge on any atom is -0.486 e. The van der Waals surface area contributed by atoms with Gasteiger partial charge in [-0.3, -0.25) is 9.59 Å². The highest BCUT2D eigenvalue weighted by Gasteiger charge is 2.33. The van der Waals surface area contributed by atoms with Gasteiger partial charge in [0.15, 0.2) is 12.0 Å². The summed E-state index contributed by atoms with van der Waals surface area (Å²) in [6.45, 7) is 3.79. The number of ether oxygens (including phenoxy) is 2. The van der Waals surface area contributed by atoms with E-state index in [0.717, 1.165) is 43.6 Å². The van der Waals surface area contributed by atoms with Crippen molar-refractivity contribution in [3.8, 4) is 23.2 Å². The van der Waals surface area contributed by atoms with Crippen LogP contribution in [0.4, 0.5) is 16.0 Å². The van der Waals surface area contributed by atoms with Gasteiger partial charge in [0.05, 0.1) is 12.1 Å². The lowest BCUT2D eigenvalue weighted by Crippen LogP contribution is -2.50. The van der Waals surface area contributed by atoms with Crippen molar-refractivity contribution in [2.45, 2.75) is 44.4 Å². The van der Waals surface area contributed by atoms with Crippen LogP contribution in [0.25, 0.3) is 11.4 Å². The smallest absolute Gasteiger partial charge is 0.248 e. The number of anilines is 2. The number of halogens is 1. The van der Waals surface area contributed by atoms with Gasteiger partial charge in [0.1, 0.15) is 30.9 Å². The van der Waals surface area contributed by atoms with E-state index < -0.39 is 12.3 Å². The molecule has 43 heavy (non-hydrogen) atoms. The maximum atomic E-state index is 14.9. The van der Waals surface area contributed by atoms with Gasteiger partial charge in [-0.15, -0.1) is 0 Å². The van der Waals surface area contributed by atoms with Gasteiger partial charge in [-0.1, -0.05) is 6.07 Å². The zero-order valence-electron chi connectivity index (χ0n) is 24.2. The molecule has 12 heteroatoms. The highest BCUT2D eigenvalue weighted by Crippen LogP contribution is 2.32. The third kappa shape index (κ3) is 7.06. The van der Waals surface area contributed by atoms with E-state index in [0.29, 0.717) is 36.2 Å². The van der Waals surface area contributed by atoms with Gasteiger partial charge in [-0.05, 0) is 67.1 Å². The molecule has 11 nitrogen and oxygen atoms in total. The van der Waals surface area contributed by atoms with Crippen LogP contribution in [-0.4, -0.2) is 89.2 Å². The fourth-order valence-electron chi connectivity index (χ4n) is 5.63. The number of methoxy groups -OCH3 is 1. The second kappa shape index (κ2) is 13.6. The summed E-state index contributed by atoms with van der Waals surface area (Å²) in [5, 5.41) is 13.0. The standard InChI is InChI=1S/C31H34FN7O4/c1-20-13-24(4-5-25(20)21-7-10-38(19-40)11-8-21)36-31-35-18-34-30(37-31)22-3-6-27(23(14-22)15-33)43-28-9-12-39(16-26(28)32)29(41)17-42-2/h3-6,13-14,18-19,21,26,28H,7-12,16-17H2,1-2H3,(H,34,35,36,37). The number of nitrogens with zero attached hydrogens (tertiary/aromatic N) is 6. The number of amides is 2. The fourth-order valence-corrected chi connectivity index (χ4v) is 5.63. The maximum Gasteiger partial charge on any atom is 0.248 e. The molecule has 2 aliphatic rings. The predicted octanol–water partition coefficient (Wildman–Crippen LogP) is 3.76. The van der Waals surface area contributed by atoms with Gasteiger partial charge in [-0.2, -0.15) is 10.2 Å². The third-order valence-electron chi connectivity index (χ3n) is 7.96. The minimum atomic E-state index is -1.40. The molecule has 0 aliphatic carbocycles. The van der Waals surface area contributed by atoms with Crippen LogP contribution in [0.3, 0.4) is 0 Å². The van der Waals surface area contributed by atoms with Crippen LogP contribution in [-0.2, 0) is 14.3 Å². The summed E-state index contributed by atoms with van der Waals surface area (Å²) in [5.74, 6) is 1.13. The molecule has 0 radical (unpaired) electrons. The first-order valence-electron chi connectivity index (χ1n) is 14.3. The number of nitriles is 1. The van der Waals surface area contributed by atoms with E-state index in [1.54, 1.807) is 18.2 Å². The number of nitrogens with one attached hydrogen (secondary N) is 1. The van der Waals surface area contributed by atoms with Crippen molar-refractivity contribution in [3.63, 3.8) is 0 Å². The van der Waals surface area contributed by atoms with Crippen molar-refractivity contribution < 1.29 is 23.5 Å². The molecule has 224 valence electrons. The third-order valence-corrected chi connectivity index (χ3v) is 7.96. The van der Waals surface area contributed by atoms with Crippen LogP contribution in [0.5, 0.6) is 5.75 Å². The second-order valence-corrected chi connectivity index (χ2v) is 10.8. The van der Waals surface area contributed by atoms with Crippen LogP contribution in [0.1, 0.15) is 41.9 Å². The van der Waals surface area contributed by atoms with Crippen LogP contribution in [0.15, 0.2) is 42.7 Å². The average molecular weight is 588 g/mol. The van der Waals surface area contributed by atoms with Crippen LogP contribution >= 0.6 is 0 Å². The van der Waals surface area contributed by atoms with Gasteiger partial charge in [-0.25, -0.2) is 14.4 Å². The van der Waals surface area contributed by atoms with E-state index in [9.17, 15) is 19.2 Å². The quantitative estimate of drug-likeness (QED) is 0.372. The van der Waals surface area contributed by atoms with E-state index in [2.05, 4.69) is 45.4 Å². The highest BCUT2D eigenvalue weighted by molar-refractivity contribution is 5.77. The number of hydrogen-bond donors (Lipinski definition) is 1. The Bertz CT molecular complexity index is 1510. The summed E-state index contributed by atoms with van der Waals surface area (Å²) in [6.07, 6.45) is 2.33. The first-order valence-corrected chi connectivity index (χ1v) is 14.3. The van der Waals surface area contributed by atoms with E-state index in [4.69, 9.17) is 9.47 Å². The van der Waals surface area contributed by atoms with E-state index in [-0.39, 0.29) is 30.4 Å². The molecule has 0 bridgehead atoms. The van der Waals surface area contributed by atoms with Crippen LogP contribution in [0, 0.1) is 18.3 Å². The van der Waals surface area contributed by atoms with Crippen molar-refractivity contribution in [1.29, 1.82) is 5.26 Å². The Kier molecular flexibility index (Phi) is 9.41. The van der Waals surface area contributed by atoms with Gasteiger partial charge in [0.2, 0.25) is 18.3 Å². The largest absolute Gasteiger partial charge is 0.486 e. The molecule has 3 heterocycles. The topological polar surface area (TPSA) is 134 Å². The Hall–Kier alpha value is -4.63. The number of likely N-dealkylation sites (tertiary alicyclic amines) is 2. The number of benzene rings is 2. The molecule has 3 aromatic rings. The average Bonchev–Trinajstić information content (AvgIpc) is 3.02. The minimum absolute atomic E-state index is 0.0869. The molecular weight excluding hydrogens is 553 g/mol. The fraction of sp³-hybridized carbons (Fsp3) is 0.419. The predicted molar refractivity (Wildman–Crippen MR) is 156 cm³/mol. The lowest BCUT2D eigenvalue weighted by molar-refractivity contribution is -0.139. The van der Waals surface area contributed by atoms with Crippen molar-refractivity contribution >= 4 is 24.0 Å². The maximum absolute atomic E-state index is 14.9. The van der Waals surface area contributed by atoms with E-state index >= 15 is 0 Å². The zero-order chi connectivity index (χ0) is 30.3. The number of aromatic nitrogens is 3. The Labute approximate surface area is 249 Å². The van der Waals surface area contributed by atoms with Gasteiger partial charge in [0, 0.05) is 44.4 Å². The summed E-state index contributed by atoms with van der Waals surface area (Å²) < 4.78 is 25.6. The van der Waals surface area contributed by atoms with E-state index in [1.807, 2.05) is 11.0 Å². The molecule has 1 aromatic heterocycles. The number of hydrogen-bond acceptors (Lipinski definition) is 9. The lowest BCUT2D eigenvalue weighted by Gasteiger charge is -2.34. The molecule has 2 aliphatic heterocycles. The second-order valence-electron chi connectivity index (χ2n) is 10.8. The molecule has 2 saturated heterocycles. The summed E-state index contributed by atoms with van der Waals surface area (Å²) in [7, 11) is 1.42. The number of piperidine rings is 2. The molecule has 0 saturated carbocycles. The number of carbonyl (C=O) groups is 2. The number of alkyl halides is 1. The van der Waals surface area contributed by atoms with Gasteiger partial charge < -0.3 is 24.6 Å². The molecule has 2 amide bonds. The molecule has 2 unspecified atom stereocenters. The molecule has 1 N–H and O–H groups in total. The molecule has 0 spiro atoms. The molecule has 2 aromatic carbocycles. The number of rotatable bonds is 9. The number of carbonyl (C=O) groups excluding carboxylic acids is 2. The first-order chi connectivity index (χ1) is 20.9. The normalized spacial score (nSPS) is 19.0. The van der Waals surface area contributed by atoms with Crippen molar-refractivity contribution in [1.82, 2.24) is 24.8 Å². The SMILES string of the molecule is COCC(=O)N1CCC(Oc2ccc(-c3ncnc(Nc4ccc(C5CCN(C=O)CC5)c(C)c4)n3)cc2C#N)C(F)C1. The molecule has 2 fully saturated rings. The Morgan fingerprint density at radius 1 is 1.16 bits per heavy atom. The first kappa shape index (κ1) is 29.8. The summed E-state index contributed by atoms with van der Waals surface area (Å²) in [6, 6.07) is 13.2. The highest BCUT2D eigenvalue weighted by atomic mass is 19.1. The summed E-state index contributed by atoms with van der Waals surface area (Å²) in [4.78, 5) is 39.4. The molecule has 2 atom stereocenters. The Balaban J connectivity index is 1.25. The Morgan fingerprint density at radius 2 is 1.98 bits per heavy atom. The summed E-state index contributed by atoms with van der Waals surface area (Å²) in [5.41, 5.74) is 4.08. The van der Waals surface area contributed by atoms with Gasteiger partial charge in [0.25, 0.3) is 0 Å². The molecular formula is C31H34FN7O4. The van der Waals surface area contributed by atoms with Crippen molar-refractivity contribution in [3.05, 3.63) is 59.4 Å². The van der Waals surface area contributed by atoms with Crippen molar-refractivity contribution in [2.24, 2.45) is 0 Å². The van der Waals surface area contributed by atoms with Crippen LogP contribution in [0.2, 0.25) is 0 Å². The monoisotopic (exact) mass is 587 g/mol. The van der Waals surface area contributed by atoms with Gasteiger partial charge >= 0.3 is 0 Å². The Morgan fingerprint density at radius 3 is 2.67 bits per heavy atom. The number of aryl methyl sites for hydroxylation is 1. The lowest BCUT2D eigenvalue weighted by atomic mass is 9.87.